The van der Waals surface area contributed by atoms with E-state index in [0.717, 1.165) is 5.75 Å². The summed E-state index contributed by atoms with van der Waals surface area (Å²) in [5.41, 5.74) is 0.695. The number of hydrogen-bond acceptors (Lipinski definition) is 5. The van der Waals surface area contributed by atoms with E-state index in [2.05, 4.69) is 5.32 Å². The highest BCUT2D eigenvalue weighted by molar-refractivity contribution is 7.99. The SMILES string of the molecule is CCSCCC(NC(=O)C1CC(=O)N(c2ccc(OC)cc2)C1)C(=O)O. The van der Waals surface area contributed by atoms with Crippen LogP contribution in [0.4, 0.5) is 5.69 Å². The van der Waals surface area contributed by atoms with Gasteiger partial charge in [0.1, 0.15) is 11.8 Å². The highest BCUT2D eigenvalue weighted by atomic mass is 32.2. The van der Waals surface area contributed by atoms with Crippen molar-refractivity contribution in [2.75, 3.05) is 30.1 Å². The molecule has 1 heterocycles. The summed E-state index contributed by atoms with van der Waals surface area (Å²) in [5.74, 6) is 0.108. The van der Waals surface area contributed by atoms with Gasteiger partial charge in [-0.25, -0.2) is 4.79 Å². The average molecular weight is 380 g/mol. The number of nitrogens with zero attached hydrogens (tertiary/aromatic N) is 1. The van der Waals surface area contributed by atoms with E-state index < -0.39 is 17.9 Å². The Kier molecular flexibility index (Phi) is 7.32. The second-order valence-corrected chi connectivity index (χ2v) is 7.38. The van der Waals surface area contributed by atoms with Crippen LogP contribution < -0.4 is 15.0 Å². The summed E-state index contributed by atoms with van der Waals surface area (Å²) in [6.45, 7) is 2.24. The first kappa shape index (κ1) is 20.1. The first-order chi connectivity index (χ1) is 12.5. The molecule has 2 rings (SSSR count). The second kappa shape index (κ2) is 9.47. The Labute approximate surface area is 157 Å². The maximum atomic E-state index is 12.4. The highest BCUT2D eigenvalue weighted by Crippen LogP contribution is 2.27. The fourth-order valence-electron chi connectivity index (χ4n) is 2.79. The lowest BCUT2D eigenvalue weighted by atomic mass is 10.1. The van der Waals surface area contributed by atoms with Gasteiger partial charge in [-0.15, -0.1) is 0 Å². The van der Waals surface area contributed by atoms with Gasteiger partial charge >= 0.3 is 5.97 Å². The molecule has 2 N–H and O–H groups in total. The van der Waals surface area contributed by atoms with E-state index in [1.165, 1.54) is 0 Å². The van der Waals surface area contributed by atoms with Crippen LogP contribution in [0.1, 0.15) is 19.8 Å². The summed E-state index contributed by atoms with van der Waals surface area (Å²) in [5, 5.41) is 11.9. The van der Waals surface area contributed by atoms with E-state index in [1.54, 1.807) is 48.0 Å². The number of carboxylic acid groups (broad SMARTS) is 1. The molecule has 0 saturated carbocycles. The van der Waals surface area contributed by atoms with Gasteiger partial charge in [-0.2, -0.15) is 11.8 Å². The van der Waals surface area contributed by atoms with Crippen LogP contribution in [0.5, 0.6) is 5.75 Å². The van der Waals surface area contributed by atoms with Gasteiger partial charge in [0, 0.05) is 18.7 Å². The molecule has 26 heavy (non-hydrogen) atoms. The number of aliphatic carboxylic acids is 1. The van der Waals surface area contributed by atoms with Crippen molar-refractivity contribution in [1.82, 2.24) is 5.32 Å². The van der Waals surface area contributed by atoms with Crippen molar-refractivity contribution < 1.29 is 24.2 Å². The number of carbonyl (C=O) groups excluding carboxylic acids is 2. The minimum Gasteiger partial charge on any atom is -0.497 e. The zero-order valence-corrected chi connectivity index (χ0v) is 15.8. The summed E-state index contributed by atoms with van der Waals surface area (Å²) in [6, 6.07) is 6.11. The lowest BCUT2D eigenvalue weighted by Gasteiger charge is -2.19. The first-order valence-corrected chi connectivity index (χ1v) is 9.67. The maximum absolute atomic E-state index is 12.4. The smallest absolute Gasteiger partial charge is 0.326 e. The van der Waals surface area contributed by atoms with E-state index in [1.807, 2.05) is 6.92 Å². The predicted molar refractivity (Wildman–Crippen MR) is 101 cm³/mol. The number of hydrogen-bond donors (Lipinski definition) is 2. The highest BCUT2D eigenvalue weighted by Gasteiger charge is 2.36. The number of rotatable bonds is 9. The average Bonchev–Trinajstić information content (AvgIpc) is 3.02. The van der Waals surface area contributed by atoms with Crippen LogP contribution in [0.2, 0.25) is 0 Å². The molecule has 2 atom stereocenters. The topological polar surface area (TPSA) is 95.9 Å². The van der Waals surface area contributed by atoms with Gasteiger partial charge in [0.2, 0.25) is 11.8 Å². The number of methoxy groups -OCH3 is 1. The van der Waals surface area contributed by atoms with E-state index in [0.29, 0.717) is 23.6 Å². The van der Waals surface area contributed by atoms with Crippen molar-refractivity contribution in [1.29, 1.82) is 0 Å². The molecule has 1 fully saturated rings. The number of ether oxygens (including phenoxy) is 1. The van der Waals surface area contributed by atoms with Gasteiger partial charge in [0.05, 0.1) is 13.0 Å². The third kappa shape index (κ3) is 5.14. The molecule has 1 aromatic rings. The predicted octanol–water partition coefficient (Wildman–Crippen LogP) is 1.76. The van der Waals surface area contributed by atoms with Crippen LogP contribution in [0.3, 0.4) is 0 Å². The monoisotopic (exact) mass is 380 g/mol. The van der Waals surface area contributed by atoms with E-state index in [9.17, 15) is 19.5 Å². The molecule has 7 nitrogen and oxygen atoms in total. The molecule has 8 heteroatoms. The van der Waals surface area contributed by atoms with Crippen molar-refractivity contribution in [3.8, 4) is 5.75 Å². The molecule has 1 aliphatic rings. The summed E-state index contributed by atoms with van der Waals surface area (Å²) in [6.07, 6.45) is 0.441. The molecule has 0 radical (unpaired) electrons. The lowest BCUT2D eigenvalue weighted by Crippen LogP contribution is -2.44. The Bertz CT molecular complexity index is 649. The zero-order valence-electron chi connectivity index (χ0n) is 14.9. The van der Waals surface area contributed by atoms with Crippen molar-refractivity contribution in [2.45, 2.75) is 25.8 Å². The number of thioether (sulfide) groups is 1. The molecule has 2 amide bonds. The molecule has 0 aromatic heterocycles. The number of nitrogens with one attached hydrogen (secondary N) is 1. The molecule has 1 aliphatic heterocycles. The van der Waals surface area contributed by atoms with Gasteiger partial charge in [-0.3, -0.25) is 9.59 Å². The van der Waals surface area contributed by atoms with Crippen molar-refractivity contribution in [3.63, 3.8) is 0 Å². The molecule has 142 valence electrons. The molecule has 1 saturated heterocycles. The van der Waals surface area contributed by atoms with Crippen LogP contribution in [0.25, 0.3) is 0 Å². The van der Waals surface area contributed by atoms with Crippen molar-refractivity contribution in [2.24, 2.45) is 5.92 Å². The molecule has 1 aromatic carbocycles. The molecular formula is C18H24N2O5S. The second-order valence-electron chi connectivity index (χ2n) is 5.99. The lowest BCUT2D eigenvalue weighted by molar-refractivity contribution is -0.142. The van der Waals surface area contributed by atoms with Crippen LogP contribution in [-0.4, -0.2) is 54.1 Å². The van der Waals surface area contributed by atoms with Gasteiger partial charge in [0.25, 0.3) is 0 Å². The van der Waals surface area contributed by atoms with E-state index >= 15 is 0 Å². The number of carboxylic acids is 1. The van der Waals surface area contributed by atoms with Crippen LogP contribution >= 0.6 is 11.8 Å². The Morgan fingerprint density at radius 1 is 1.38 bits per heavy atom. The van der Waals surface area contributed by atoms with Crippen molar-refractivity contribution in [3.05, 3.63) is 24.3 Å². The van der Waals surface area contributed by atoms with Crippen molar-refractivity contribution >= 4 is 35.2 Å². The normalized spacial score (nSPS) is 17.8. The number of benzene rings is 1. The molecule has 2 unspecified atom stereocenters. The molecule has 0 spiro atoms. The molecule has 0 aliphatic carbocycles. The summed E-state index contributed by atoms with van der Waals surface area (Å²) in [7, 11) is 1.56. The third-order valence-electron chi connectivity index (χ3n) is 4.25. The van der Waals surface area contributed by atoms with E-state index in [4.69, 9.17) is 4.74 Å². The fourth-order valence-corrected chi connectivity index (χ4v) is 3.48. The quantitative estimate of drug-likeness (QED) is 0.634. The van der Waals surface area contributed by atoms with Crippen LogP contribution in [0.15, 0.2) is 24.3 Å². The van der Waals surface area contributed by atoms with Gasteiger partial charge < -0.3 is 20.1 Å². The van der Waals surface area contributed by atoms with E-state index in [-0.39, 0.29) is 24.8 Å². The third-order valence-corrected chi connectivity index (χ3v) is 5.18. The van der Waals surface area contributed by atoms with Gasteiger partial charge in [-0.1, -0.05) is 6.92 Å². The largest absolute Gasteiger partial charge is 0.497 e. The van der Waals surface area contributed by atoms with Crippen LogP contribution in [-0.2, 0) is 14.4 Å². The summed E-state index contributed by atoms with van der Waals surface area (Å²) < 4.78 is 5.10. The minimum atomic E-state index is -1.05. The Balaban J connectivity index is 1.97. The fraction of sp³-hybridized carbons (Fsp3) is 0.500. The number of anilines is 1. The standard InChI is InChI=1S/C18H24N2O5S/c1-3-26-9-8-15(18(23)24)19-17(22)12-10-16(21)20(11-12)13-4-6-14(25-2)7-5-13/h4-7,12,15H,3,8-11H2,1-2H3,(H,19,22)(H,23,24). The Morgan fingerprint density at radius 3 is 2.65 bits per heavy atom. The Morgan fingerprint density at radius 2 is 2.08 bits per heavy atom. The van der Waals surface area contributed by atoms with Gasteiger partial charge in [-0.05, 0) is 42.2 Å². The first-order valence-electron chi connectivity index (χ1n) is 8.51. The van der Waals surface area contributed by atoms with Crippen LogP contribution in [0, 0.1) is 5.92 Å². The summed E-state index contributed by atoms with van der Waals surface area (Å²) >= 11 is 1.63. The minimum absolute atomic E-state index is 0.0773. The molecule has 0 bridgehead atoms. The maximum Gasteiger partial charge on any atom is 0.326 e. The Hall–Kier alpha value is -2.22. The number of carbonyl (C=O) groups is 3. The van der Waals surface area contributed by atoms with Gasteiger partial charge in [0.15, 0.2) is 0 Å². The number of amides is 2. The summed E-state index contributed by atoms with van der Waals surface area (Å²) in [4.78, 5) is 37.6. The molecular weight excluding hydrogens is 356 g/mol. The zero-order chi connectivity index (χ0) is 19.1.